The molecule has 0 radical (unpaired) electrons. The van der Waals surface area contributed by atoms with Gasteiger partial charge in [-0.25, -0.2) is 9.59 Å². The Morgan fingerprint density at radius 3 is 1.12 bits per heavy atom. The maximum atomic E-state index is 9.10. The van der Waals surface area contributed by atoms with Crippen LogP contribution < -0.4 is 0 Å². The van der Waals surface area contributed by atoms with Gasteiger partial charge >= 0.3 is 11.9 Å². The minimum Gasteiger partial charge on any atom is -0.473 e. The van der Waals surface area contributed by atoms with Crippen molar-refractivity contribution in [3.63, 3.8) is 0 Å². The van der Waals surface area contributed by atoms with Gasteiger partial charge < -0.3 is 15.7 Å². The van der Waals surface area contributed by atoms with Crippen LogP contribution in [0.3, 0.4) is 0 Å². The third-order valence-corrected chi connectivity index (χ3v) is 0.183. The van der Waals surface area contributed by atoms with Gasteiger partial charge in [-0.3, -0.25) is 0 Å². The van der Waals surface area contributed by atoms with Crippen LogP contribution in [-0.4, -0.2) is 27.6 Å². The predicted molar refractivity (Wildman–Crippen MR) is 18.9 cm³/mol. The fourth-order valence-electron chi connectivity index (χ4n) is 0. The summed E-state index contributed by atoms with van der Waals surface area (Å²) in [4.78, 5) is 18.2. The molecular formula is C2H4O5Ti. The van der Waals surface area contributed by atoms with Crippen molar-refractivity contribution < 1.29 is 47.0 Å². The molecule has 0 aromatic rings. The maximum Gasteiger partial charge on any atom is 0.414 e. The normalized spacial score (nSPS) is 5.50. The summed E-state index contributed by atoms with van der Waals surface area (Å²) in [5.74, 6) is -3.65. The summed E-state index contributed by atoms with van der Waals surface area (Å²) < 4.78 is 0. The minimum atomic E-state index is -1.82. The topological polar surface area (TPSA) is 106 Å². The van der Waals surface area contributed by atoms with E-state index < -0.39 is 11.9 Å². The zero-order chi connectivity index (χ0) is 5.15. The van der Waals surface area contributed by atoms with Crippen molar-refractivity contribution in [2.75, 3.05) is 0 Å². The second-order valence-electron chi connectivity index (χ2n) is 0.610. The largest absolute Gasteiger partial charge is 0.473 e. The molecule has 0 aliphatic heterocycles. The van der Waals surface area contributed by atoms with Crippen LogP contribution in [0, 0.1) is 0 Å². The summed E-state index contributed by atoms with van der Waals surface area (Å²) in [6, 6.07) is 0. The molecule has 0 unspecified atom stereocenters. The molecule has 0 heterocycles. The molecule has 8 heavy (non-hydrogen) atoms. The fourth-order valence-corrected chi connectivity index (χ4v) is 0. The molecule has 4 N–H and O–H groups in total. The summed E-state index contributed by atoms with van der Waals surface area (Å²) in [5.41, 5.74) is 0. The van der Waals surface area contributed by atoms with Gasteiger partial charge in [-0.15, -0.1) is 0 Å². The van der Waals surface area contributed by atoms with Crippen molar-refractivity contribution in [1.82, 2.24) is 0 Å². The van der Waals surface area contributed by atoms with Crippen molar-refractivity contribution in [2.24, 2.45) is 0 Å². The van der Waals surface area contributed by atoms with Gasteiger partial charge in [0, 0.05) is 21.7 Å². The van der Waals surface area contributed by atoms with Crippen molar-refractivity contribution in [2.45, 2.75) is 0 Å². The Morgan fingerprint density at radius 1 is 1.00 bits per heavy atom. The Morgan fingerprint density at radius 2 is 1.12 bits per heavy atom. The van der Waals surface area contributed by atoms with Crippen molar-refractivity contribution >= 4 is 11.9 Å². The number of aliphatic carboxylic acids is 2. The fraction of sp³-hybridized carbons (Fsp3) is 0. The van der Waals surface area contributed by atoms with E-state index in [1.807, 2.05) is 0 Å². The van der Waals surface area contributed by atoms with Gasteiger partial charge in [-0.2, -0.15) is 0 Å². The van der Waals surface area contributed by atoms with E-state index in [-0.39, 0.29) is 27.2 Å². The van der Waals surface area contributed by atoms with Gasteiger partial charge in [0.05, 0.1) is 0 Å². The van der Waals surface area contributed by atoms with E-state index in [0.29, 0.717) is 0 Å². The van der Waals surface area contributed by atoms with Crippen LogP contribution in [0.4, 0.5) is 0 Å². The van der Waals surface area contributed by atoms with E-state index in [1.165, 1.54) is 0 Å². The second-order valence-corrected chi connectivity index (χ2v) is 0.610. The molecule has 0 aliphatic rings. The summed E-state index contributed by atoms with van der Waals surface area (Å²) in [6.07, 6.45) is 0. The average Bonchev–Trinajstić information content (AvgIpc) is 1.36. The molecule has 0 rings (SSSR count). The van der Waals surface area contributed by atoms with E-state index in [1.54, 1.807) is 0 Å². The Labute approximate surface area is 59.5 Å². The van der Waals surface area contributed by atoms with Crippen LogP contribution in [0.2, 0.25) is 0 Å². The molecule has 0 saturated carbocycles. The number of carboxylic acids is 2. The van der Waals surface area contributed by atoms with Crippen LogP contribution in [0.5, 0.6) is 0 Å². The first-order valence-electron chi connectivity index (χ1n) is 1.11. The van der Waals surface area contributed by atoms with Gasteiger partial charge in [0.1, 0.15) is 0 Å². The molecule has 46 valence electrons. The van der Waals surface area contributed by atoms with Gasteiger partial charge in [0.15, 0.2) is 0 Å². The van der Waals surface area contributed by atoms with Gasteiger partial charge in [0.2, 0.25) is 0 Å². The Hall–Kier alpha value is -0.386. The summed E-state index contributed by atoms with van der Waals surface area (Å²) in [7, 11) is 0. The quantitative estimate of drug-likeness (QED) is 0.322. The first-order chi connectivity index (χ1) is 2.64. The predicted octanol–water partition coefficient (Wildman–Crippen LogP) is -1.67. The number of hydrogen-bond acceptors (Lipinski definition) is 2. The molecule has 5 nitrogen and oxygen atoms in total. The van der Waals surface area contributed by atoms with Crippen LogP contribution in [-0.2, 0) is 31.3 Å². The van der Waals surface area contributed by atoms with E-state index in [9.17, 15) is 0 Å². The molecule has 0 fully saturated rings. The maximum absolute atomic E-state index is 9.10. The molecule has 0 amide bonds. The monoisotopic (exact) mass is 156 g/mol. The molecule has 6 heteroatoms. The number of rotatable bonds is 0. The molecule has 0 aliphatic carbocycles. The van der Waals surface area contributed by atoms with E-state index in [0.717, 1.165) is 0 Å². The Kier molecular flexibility index (Phi) is 12.9. The van der Waals surface area contributed by atoms with Crippen LogP contribution in [0.25, 0.3) is 0 Å². The third-order valence-electron chi connectivity index (χ3n) is 0.183. The number of carbonyl (C=O) groups is 2. The third kappa shape index (κ3) is 9.15. The first kappa shape index (κ1) is 15.6. The molecule has 0 aromatic heterocycles. The van der Waals surface area contributed by atoms with Gasteiger partial charge in [-0.1, -0.05) is 0 Å². The molecule has 0 aromatic carbocycles. The van der Waals surface area contributed by atoms with Gasteiger partial charge in [-0.05, 0) is 0 Å². The van der Waals surface area contributed by atoms with E-state index in [4.69, 9.17) is 19.8 Å². The van der Waals surface area contributed by atoms with E-state index in [2.05, 4.69) is 0 Å². The van der Waals surface area contributed by atoms with Crippen molar-refractivity contribution in [1.29, 1.82) is 0 Å². The first-order valence-corrected chi connectivity index (χ1v) is 1.11. The standard InChI is InChI=1S/C2H2O4.H2O.Ti/c3-1(4)2(5)6;;/h(H,3,4)(H,5,6);1H2;. The summed E-state index contributed by atoms with van der Waals surface area (Å²) in [6.45, 7) is 0. The van der Waals surface area contributed by atoms with Crippen molar-refractivity contribution in [3.8, 4) is 0 Å². The Bertz CT molecular complexity index is 76.4. The molecule has 0 bridgehead atoms. The number of hydrogen-bond donors (Lipinski definition) is 2. The molecule has 0 saturated heterocycles. The zero-order valence-corrected chi connectivity index (χ0v) is 5.27. The number of carboxylic acid groups (broad SMARTS) is 2. The minimum absolute atomic E-state index is 0. The van der Waals surface area contributed by atoms with Crippen LogP contribution in [0.1, 0.15) is 0 Å². The van der Waals surface area contributed by atoms with Crippen molar-refractivity contribution in [3.05, 3.63) is 0 Å². The second kappa shape index (κ2) is 6.61. The SMILES string of the molecule is O.O=C(O)C(=O)O.[Ti]. The van der Waals surface area contributed by atoms with Crippen LogP contribution in [0.15, 0.2) is 0 Å². The zero-order valence-electron chi connectivity index (χ0n) is 3.71. The van der Waals surface area contributed by atoms with E-state index >= 15 is 0 Å². The van der Waals surface area contributed by atoms with Gasteiger partial charge in [0.25, 0.3) is 0 Å². The average molecular weight is 156 g/mol. The van der Waals surface area contributed by atoms with Crippen LogP contribution >= 0.6 is 0 Å². The molecule has 0 spiro atoms. The summed E-state index contributed by atoms with van der Waals surface area (Å²) in [5, 5.41) is 14.8. The summed E-state index contributed by atoms with van der Waals surface area (Å²) >= 11 is 0. The molecule has 0 atom stereocenters. The smallest absolute Gasteiger partial charge is 0.414 e. The molecular weight excluding hydrogens is 152 g/mol. The Balaban J connectivity index is -0.000000125.